The number of nitrogens with one attached hydrogen (secondary N) is 2. The summed E-state index contributed by atoms with van der Waals surface area (Å²) in [4.78, 5) is 8.50. The number of benzene rings is 1. The van der Waals surface area contributed by atoms with Gasteiger partial charge in [0.05, 0.1) is 12.3 Å². The lowest BCUT2D eigenvalue weighted by molar-refractivity contribution is 0.00552. The van der Waals surface area contributed by atoms with Crippen molar-refractivity contribution < 1.29 is 17.9 Å². The second kappa shape index (κ2) is 8.51. The van der Waals surface area contributed by atoms with Crippen LogP contribution in [0, 0.1) is 0 Å². The Kier molecular flexibility index (Phi) is 5.56. The highest BCUT2D eigenvalue weighted by atomic mass is 32.2. The van der Waals surface area contributed by atoms with Crippen LogP contribution in [0.1, 0.15) is 30.4 Å². The number of aromatic nitrogens is 4. The van der Waals surface area contributed by atoms with Crippen molar-refractivity contribution >= 4 is 21.5 Å². The van der Waals surface area contributed by atoms with Crippen LogP contribution in [0.5, 0.6) is 5.88 Å². The SMILES string of the molecule is CS(=O)(=O)c1nc(Nc2c(-c3ccnc(OC4CCCOC4)c3)ccc3c2CCC3)n[nH]1. The van der Waals surface area contributed by atoms with Gasteiger partial charge in [-0.25, -0.2) is 18.5 Å². The van der Waals surface area contributed by atoms with E-state index in [-0.39, 0.29) is 17.2 Å². The van der Waals surface area contributed by atoms with Gasteiger partial charge in [0.2, 0.25) is 26.8 Å². The van der Waals surface area contributed by atoms with Crippen LogP contribution >= 0.6 is 0 Å². The summed E-state index contributed by atoms with van der Waals surface area (Å²) < 4.78 is 35.1. The van der Waals surface area contributed by atoms with Gasteiger partial charge in [0.15, 0.2) is 0 Å². The van der Waals surface area contributed by atoms with Crippen LogP contribution in [0.3, 0.4) is 0 Å². The molecule has 1 unspecified atom stereocenters. The molecule has 0 bridgehead atoms. The lowest BCUT2D eigenvalue weighted by Gasteiger charge is -2.23. The number of rotatable bonds is 6. The van der Waals surface area contributed by atoms with E-state index in [9.17, 15) is 8.42 Å². The monoisotopic (exact) mass is 455 g/mol. The summed E-state index contributed by atoms with van der Waals surface area (Å²) in [7, 11) is -3.47. The van der Waals surface area contributed by atoms with E-state index in [0.717, 1.165) is 61.8 Å². The molecule has 3 heterocycles. The summed E-state index contributed by atoms with van der Waals surface area (Å²) >= 11 is 0. The quantitative estimate of drug-likeness (QED) is 0.582. The molecule has 0 spiro atoms. The Balaban J connectivity index is 1.49. The van der Waals surface area contributed by atoms with Gasteiger partial charge in [-0.1, -0.05) is 12.1 Å². The highest BCUT2D eigenvalue weighted by Gasteiger charge is 2.22. The van der Waals surface area contributed by atoms with Crippen LogP contribution in [0.4, 0.5) is 11.6 Å². The third kappa shape index (κ3) is 4.33. The van der Waals surface area contributed by atoms with Gasteiger partial charge in [-0.05, 0) is 54.9 Å². The van der Waals surface area contributed by atoms with Crippen LogP contribution in [-0.4, -0.2) is 54.2 Å². The molecule has 1 aromatic carbocycles. The molecule has 5 rings (SSSR count). The molecule has 0 amide bonds. The van der Waals surface area contributed by atoms with Crippen LogP contribution in [0.15, 0.2) is 35.6 Å². The predicted molar refractivity (Wildman–Crippen MR) is 119 cm³/mol. The summed E-state index contributed by atoms with van der Waals surface area (Å²) in [5.74, 6) is 0.776. The van der Waals surface area contributed by atoms with Gasteiger partial charge in [0.25, 0.3) is 0 Å². The maximum Gasteiger partial charge on any atom is 0.247 e. The second-order valence-corrected chi connectivity index (χ2v) is 10.1. The van der Waals surface area contributed by atoms with Gasteiger partial charge in [0.1, 0.15) is 6.10 Å². The molecule has 168 valence electrons. The maximum atomic E-state index is 11.8. The Morgan fingerprint density at radius 2 is 2.12 bits per heavy atom. The van der Waals surface area contributed by atoms with Crippen molar-refractivity contribution in [2.24, 2.45) is 0 Å². The van der Waals surface area contributed by atoms with E-state index in [1.54, 1.807) is 6.20 Å². The Labute approximate surface area is 186 Å². The molecule has 2 N–H and O–H groups in total. The third-order valence-electron chi connectivity index (χ3n) is 5.79. The molecule has 10 heteroatoms. The topological polar surface area (TPSA) is 119 Å². The zero-order valence-electron chi connectivity index (χ0n) is 17.8. The average molecular weight is 456 g/mol. The first-order chi connectivity index (χ1) is 15.5. The minimum absolute atomic E-state index is 0.00628. The van der Waals surface area contributed by atoms with E-state index in [1.807, 2.05) is 12.1 Å². The molecule has 2 aliphatic rings. The van der Waals surface area contributed by atoms with E-state index in [0.29, 0.717) is 12.5 Å². The number of nitrogens with zero attached hydrogens (tertiary/aromatic N) is 3. The summed E-state index contributed by atoms with van der Waals surface area (Å²) in [5.41, 5.74) is 5.27. The molecule has 2 aromatic heterocycles. The van der Waals surface area contributed by atoms with Crippen molar-refractivity contribution in [3.63, 3.8) is 0 Å². The fourth-order valence-corrected chi connectivity index (χ4v) is 4.71. The third-order valence-corrected chi connectivity index (χ3v) is 6.67. The first kappa shape index (κ1) is 20.9. The molecule has 0 saturated carbocycles. The Hall–Kier alpha value is -2.98. The van der Waals surface area contributed by atoms with E-state index in [2.05, 4.69) is 37.6 Å². The standard InChI is InChI=1S/C22H25N5O4S/c1-32(28,29)22-25-21(26-27-22)24-20-17-6-2-4-14(17)7-8-18(20)15-9-10-23-19(12-15)31-16-5-3-11-30-13-16/h7-10,12,16H,2-6,11,13H2,1H3,(H2,24,25,26,27). The van der Waals surface area contributed by atoms with E-state index >= 15 is 0 Å². The van der Waals surface area contributed by atoms with E-state index < -0.39 is 9.84 Å². The summed E-state index contributed by atoms with van der Waals surface area (Å²) in [6, 6.07) is 8.08. The van der Waals surface area contributed by atoms with Gasteiger partial charge in [0, 0.05) is 30.7 Å². The molecule has 1 fully saturated rings. The molecule has 1 aliphatic carbocycles. The van der Waals surface area contributed by atoms with Crippen LogP contribution < -0.4 is 10.1 Å². The van der Waals surface area contributed by atoms with Gasteiger partial charge in [-0.2, -0.15) is 4.98 Å². The second-order valence-electron chi connectivity index (χ2n) is 8.18. The van der Waals surface area contributed by atoms with Crippen molar-refractivity contribution in [3.05, 3.63) is 41.6 Å². The minimum Gasteiger partial charge on any atom is -0.472 e. The van der Waals surface area contributed by atoms with Gasteiger partial charge in [-0.15, -0.1) is 5.10 Å². The van der Waals surface area contributed by atoms with Crippen LogP contribution in [0.25, 0.3) is 11.1 Å². The number of fused-ring (bicyclic) bond motifs is 1. The fraction of sp³-hybridized carbons (Fsp3) is 0.409. The number of hydrogen-bond donors (Lipinski definition) is 2. The largest absolute Gasteiger partial charge is 0.472 e. The van der Waals surface area contributed by atoms with Gasteiger partial charge >= 0.3 is 0 Å². The fourth-order valence-electron chi connectivity index (χ4n) is 4.25. The number of hydrogen-bond acceptors (Lipinski definition) is 8. The summed E-state index contributed by atoms with van der Waals surface area (Å²) in [6.45, 7) is 1.35. The summed E-state index contributed by atoms with van der Waals surface area (Å²) in [6.07, 6.45) is 7.79. The molecular weight excluding hydrogens is 430 g/mol. The molecule has 1 saturated heterocycles. The number of ether oxygens (including phenoxy) is 2. The van der Waals surface area contributed by atoms with E-state index in [1.165, 1.54) is 11.1 Å². The number of aromatic amines is 1. The molecular formula is C22H25N5O4S. The number of sulfone groups is 1. The first-order valence-electron chi connectivity index (χ1n) is 10.7. The Bertz CT molecular complexity index is 1230. The molecule has 3 aromatic rings. The summed E-state index contributed by atoms with van der Waals surface area (Å²) in [5, 5.41) is 9.65. The number of pyridine rings is 1. The minimum atomic E-state index is -3.47. The van der Waals surface area contributed by atoms with Crippen LogP contribution in [-0.2, 0) is 27.4 Å². The Morgan fingerprint density at radius 1 is 1.22 bits per heavy atom. The van der Waals surface area contributed by atoms with Gasteiger partial charge in [-0.3, -0.25) is 0 Å². The smallest absolute Gasteiger partial charge is 0.247 e. The predicted octanol–water partition coefficient (Wildman–Crippen LogP) is 3.06. The van der Waals surface area contributed by atoms with Crippen molar-refractivity contribution in [2.75, 3.05) is 24.8 Å². The number of anilines is 2. The molecule has 0 radical (unpaired) electrons. The molecule has 32 heavy (non-hydrogen) atoms. The van der Waals surface area contributed by atoms with Gasteiger partial charge < -0.3 is 14.8 Å². The maximum absolute atomic E-state index is 11.8. The number of H-pyrrole nitrogens is 1. The van der Waals surface area contributed by atoms with Crippen LogP contribution in [0.2, 0.25) is 0 Å². The highest BCUT2D eigenvalue weighted by Crippen LogP contribution is 2.39. The highest BCUT2D eigenvalue weighted by molar-refractivity contribution is 7.90. The van der Waals surface area contributed by atoms with Crippen molar-refractivity contribution in [2.45, 2.75) is 43.4 Å². The van der Waals surface area contributed by atoms with E-state index in [4.69, 9.17) is 9.47 Å². The first-order valence-corrected chi connectivity index (χ1v) is 12.6. The average Bonchev–Trinajstić information content (AvgIpc) is 3.44. The molecule has 1 atom stereocenters. The van der Waals surface area contributed by atoms with Crippen molar-refractivity contribution in [1.82, 2.24) is 20.2 Å². The van der Waals surface area contributed by atoms with Crippen molar-refractivity contribution in [1.29, 1.82) is 0 Å². The molecule has 9 nitrogen and oxygen atoms in total. The normalized spacial score (nSPS) is 18.3. The van der Waals surface area contributed by atoms with Crippen molar-refractivity contribution in [3.8, 4) is 17.0 Å². The lowest BCUT2D eigenvalue weighted by Crippen LogP contribution is -2.28. The Morgan fingerprint density at radius 3 is 2.91 bits per heavy atom. The lowest BCUT2D eigenvalue weighted by atomic mass is 9.98. The number of aryl methyl sites for hydroxylation is 1. The zero-order valence-corrected chi connectivity index (χ0v) is 18.6. The molecule has 1 aliphatic heterocycles. The zero-order chi connectivity index (χ0) is 22.1.